The molecule has 28 heavy (non-hydrogen) atoms. The molecule has 0 unspecified atom stereocenters. The third-order valence-corrected chi connectivity index (χ3v) is 4.04. The van der Waals surface area contributed by atoms with Gasteiger partial charge in [-0.15, -0.1) is 0 Å². The van der Waals surface area contributed by atoms with Crippen LogP contribution in [0, 0.1) is 11.6 Å². The number of nitrogens with zero attached hydrogens (tertiary/aromatic N) is 1. The van der Waals surface area contributed by atoms with Gasteiger partial charge in [-0.25, -0.2) is 8.78 Å². The van der Waals surface area contributed by atoms with Crippen LogP contribution in [0.5, 0.6) is 5.75 Å². The zero-order valence-corrected chi connectivity index (χ0v) is 17.7. The van der Waals surface area contributed by atoms with Crippen LogP contribution in [0.1, 0.15) is 27.3 Å². The van der Waals surface area contributed by atoms with Crippen LogP contribution in [0.4, 0.5) is 8.78 Å². The summed E-state index contributed by atoms with van der Waals surface area (Å²) in [5.74, 6) is -2.30. The standard InChI is InChI=1S/C20H14ClF2NO3.Na/c21-14-5-7-19(27-11-12-4-6-15(22)10-17(12)23)13(8-14)9-16-2-1-3-18(24-16)20(25)26;/h1-8,10H,9,11H2,(H,25,26);/q;+1/p-1. The van der Waals surface area contributed by atoms with Gasteiger partial charge in [0.15, 0.2) is 0 Å². The Morgan fingerprint density at radius 3 is 2.57 bits per heavy atom. The molecule has 0 saturated heterocycles. The third-order valence-electron chi connectivity index (χ3n) is 3.81. The number of hydrogen-bond donors (Lipinski definition) is 0. The Bertz CT molecular complexity index is 1000. The van der Waals surface area contributed by atoms with Crippen molar-refractivity contribution in [3.63, 3.8) is 0 Å². The summed E-state index contributed by atoms with van der Waals surface area (Å²) in [6.07, 6.45) is 0.253. The van der Waals surface area contributed by atoms with Crippen LogP contribution >= 0.6 is 11.6 Å². The van der Waals surface area contributed by atoms with Crippen LogP contribution in [0.2, 0.25) is 5.02 Å². The van der Waals surface area contributed by atoms with E-state index in [1.807, 2.05) is 0 Å². The molecule has 4 nitrogen and oxygen atoms in total. The molecule has 0 aliphatic rings. The van der Waals surface area contributed by atoms with Crippen molar-refractivity contribution < 1.29 is 53.0 Å². The average Bonchev–Trinajstić information content (AvgIpc) is 2.62. The zero-order valence-electron chi connectivity index (χ0n) is 14.9. The maximum Gasteiger partial charge on any atom is 1.00 e. The number of halogens is 3. The second-order valence-electron chi connectivity index (χ2n) is 5.75. The topological polar surface area (TPSA) is 62.2 Å². The van der Waals surface area contributed by atoms with Crippen molar-refractivity contribution in [2.75, 3.05) is 0 Å². The van der Waals surface area contributed by atoms with E-state index in [1.54, 1.807) is 30.3 Å². The molecule has 0 aliphatic heterocycles. The van der Waals surface area contributed by atoms with E-state index in [-0.39, 0.29) is 53.8 Å². The molecule has 0 atom stereocenters. The summed E-state index contributed by atoms with van der Waals surface area (Å²) >= 11 is 6.04. The van der Waals surface area contributed by atoms with Gasteiger partial charge in [0.1, 0.15) is 24.0 Å². The van der Waals surface area contributed by atoms with Gasteiger partial charge in [-0.2, -0.15) is 0 Å². The summed E-state index contributed by atoms with van der Waals surface area (Å²) in [7, 11) is 0. The molecule has 3 rings (SSSR count). The molecule has 1 aromatic heterocycles. The summed E-state index contributed by atoms with van der Waals surface area (Å²) in [4.78, 5) is 15.0. The molecule has 138 valence electrons. The van der Waals surface area contributed by atoms with E-state index in [0.717, 1.165) is 12.1 Å². The molecule has 0 fully saturated rings. The van der Waals surface area contributed by atoms with E-state index in [1.165, 1.54) is 12.1 Å². The maximum absolute atomic E-state index is 13.8. The number of aromatic nitrogens is 1. The second kappa shape index (κ2) is 9.98. The Kier molecular flexibility index (Phi) is 7.95. The Labute approximate surface area is 187 Å². The molecule has 0 amide bonds. The fourth-order valence-corrected chi connectivity index (χ4v) is 2.70. The first kappa shape index (κ1) is 22.3. The van der Waals surface area contributed by atoms with Crippen molar-refractivity contribution in [2.45, 2.75) is 13.0 Å². The molecular weight excluding hydrogens is 399 g/mol. The summed E-state index contributed by atoms with van der Waals surface area (Å²) < 4.78 is 32.4. The number of carboxylic acids is 1. The molecule has 0 radical (unpaired) electrons. The predicted molar refractivity (Wildman–Crippen MR) is 93.5 cm³/mol. The van der Waals surface area contributed by atoms with Gasteiger partial charge in [-0.05, 0) is 42.5 Å². The minimum absolute atomic E-state index is 0. The number of carbonyl (C=O) groups is 1. The number of aromatic carboxylic acids is 1. The van der Waals surface area contributed by atoms with Crippen LogP contribution in [0.3, 0.4) is 0 Å². The van der Waals surface area contributed by atoms with Crippen LogP contribution in [0.15, 0.2) is 54.6 Å². The van der Waals surface area contributed by atoms with E-state index >= 15 is 0 Å². The first-order chi connectivity index (χ1) is 12.9. The molecule has 0 bridgehead atoms. The van der Waals surface area contributed by atoms with E-state index in [0.29, 0.717) is 22.0 Å². The van der Waals surface area contributed by atoms with Gasteiger partial charge in [0, 0.05) is 34.3 Å². The van der Waals surface area contributed by atoms with Gasteiger partial charge in [-0.3, -0.25) is 4.98 Å². The van der Waals surface area contributed by atoms with Crippen LogP contribution in [-0.2, 0) is 13.0 Å². The minimum atomic E-state index is -1.37. The van der Waals surface area contributed by atoms with Gasteiger partial charge in [0.25, 0.3) is 0 Å². The van der Waals surface area contributed by atoms with Crippen LogP contribution in [0.25, 0.3) is 0 Å². The van der Waals surface area contributed by atoms with Gasteiger partial charge < -0.3 is 14.6 Å². The molecule has 0 N–H and O–H groups in total. The van der Waals surface area contributed by atoms with Crippen molar-refractivity contribution >= 4 is 17.6 Å². The fraction of sp³-hybridized carbons (Fsp3) is 0.100. The molecule has 0 saturated carbocycles. The third kappa shape index (κ3) is 5.75. The molecular formula is C20H13ClF2NNaO3. The Hall–Kier alpha value is -1.99. The molecule has 0 aliphatic carbocycles. The van der Waals surface area contributed by atoms with E-state index in [2.05, 4.69) is 4.98 Å². The monoisotopic (exact) mass is 411 g/mol. The second-order valence-corrected chi connectivity index (χ2v) is 6.19. The number of benzene rings is 2. The first-order valence-electron chi connectivity index (χ1n) is 7.95. The smallest absolute Gasteiger partial charge is 0.543 e. The summed E-state index contributed by atoms with van der Waals surface area (Å²) in [5.41, 5.74) is 1.16. The van der Waals surface area contributed by atoms with Crippen molar-refractivity contribution in [1.82, 2.24) is 4.98 Å². The largest absolute Gasteiger partial charge is 1.00 e. The molecule has 8 heteroatoms. The first-order valence-corrected chi connectivity index (χ1v) is 8.32. The molecule has 1 heterocycles. The van der Waals surface area contributed by atoms with Crippen molar-refractivity contribution in [3.05, 3.63) is 93.8 Å². The average molecular weight is 412 g/mol. The summed E-state index contributed by atoms with van der Waals surface area (Å²) in [6.45, 7) is -0.104. The molecule has 0 spiro atoms. The van der Waals surface area contributed by atoms with Gasteiger partial charge >= 0.3 is 29.6 Å². The number of carboxylic acid groups (broad SMARTS) is 1. The Morgan fingerprint density at radius 2 is 1.86 bits per heavy atom. The number of carbonyl (C=O) groups excluding carboxylic acids is 1. The fourth-order valence-electron chi connectivity index (χ4n) is 2.51. The number of rotatable bonds is 6. The van der Waals surface area contributed by atoms with Gasteiger partial charge in [0.05, 0.1) is 11.7 Å². The number of ether oxygens (including phenoxy) is 1. The molecule has 2 aromatic carbocycles. The van der Waals surface area contributed by atoms with Crippen molar-refractivity contribution in [2.24, 2.45) is 0 Å². The number of pyridine rings is 1. The maximum atomic E-state index is 13.8. The SMILES string of the molecule is O=C([O-])c1cccc(Cc2cc(Cl)ccc2OCc2ccc(F)cc2F)n1.[Na+]. The van der Waals surface area contributed by atoms with Gasteiger partial charge in [-0.1, -0.05) is 17.7 Å². The quantitative estimate of drug-likeness (QED) is 0.556. The Balaban J connectivity index is 0.00000280. The van der Waals surface area contributed by atoms with E-state index < -0.39 is 17.6 Å². The Morgan fingerprint density at radius 1 is 1.07 bits per heavy atom. The zero-order chi connectivity index (χ0) is 19.4. The van der Waals surface area contributed by atoms with Crippen molar-refractivity contribution in [3.8, 4) is 5.75 Å². The molecule has 3 aromatic rings. The van der Waals surface area contributed by atoms with E-state index in [4.69, 9.17) is 16.3 Å². The van der Waals surface area contributed by atoms with Crippen molar-refractivity contribution in [1.29, 1.82) is 0 Å². The predicted octanol–water partition coefficient (Wildman–Crippen LogP) is 0.550. The minimum Gasteiger partial charge on any atom is -0.543 e. The summed E-state index contributed by atoms with van der Waals surface area (Å²) in [6, 6.07) is 12.7. The van der Waals surface area contributed by atoms with Crippen LogP contribution < -0.4 is 39.4 Å². The van der Waals surface area contributed by atoms with Crippen LogP contribution in [-0.4, -0.2) is 11.0 Å². The van der Waals surface area contributed by atoms with Gasteiger partial charge in [0.2, 0.25) is 0 Å². The van der Waals surface area contributed by atoms with E-state index in [9.17, 15) is 18.7 Å². The number of hydrogen-bond acceptors (Lipinski definition) is 4. The summed E-state index contributed by atoms with van der Waals surface area (Å²) in [5, 5.41) is 11.4. The normalized spacial score (nSPS) is 10.2.